The summed E-state index contributed by atoms with van der Waals surface area (Å²) in [6.07, 6.45) is 3.14. The van der Waals surface area contributed by atoms with E-state index < -0.39 is 5.97 Å². The Kier molecular flexibility index (Phi) is 3.02. The van der Waals surface area contributed by atoms with Gasteiger partial charge in [-0.25, -0.2) is 9.78 Å². The zero-order chi connectivity index (χ0) is 10.8. The van der Waals surface area contributed by atoms with Gasteiger partial charge in [-0.2, -0.15) is 0 Å². The van der Waals surface area contributed by atoms with Gasteiger partial charge >= 0.3 is 5.97 Å². The summed E-state index contributed by atoms with van der Waals surface area (Å²) in [4.78, 5) is 15.7. The van der Waals surface area contributed by atoms with Crippen molar-refractivity contribution in [1.82, 2.24) is 4.98 Å². The van der Waals surface area contributed by atoms with Crippen molar-refractivity contribution in [3.05, 3.63) is 15.6 Å². The molecule has 82 valence electrons. The Bertz CT molecular complexity index is 369. The number of carboxylic acids is 1. The third-order valence-electron chi connectivity index (χ3n) is 2.47. The number of aromatic carboxylic acids is 1. The number of carboxylic acid groups (broad SMARTS) is 1. The van der Waals surface area contributed by atoms with E-state index in [0.29, 0.717) is 0 Å². The van der Waals surface area contributed by atoms with Crippen molar-refractivity contribution in [2.45, 2.75) is 32.3 Å². The van der Waals surface area contributed by atoms with Crippen molar-refractivity contribution in [3.8, 4) is 0 Å². The van der Waals surface area contributed by atoms with E-state index in [0.717, 1.165) is 35.8 Å². The number of carbonyl (C=O) groups is 1. The van der Waals surface area contributed by atoms with Crippen molar-refractivity contribution in [2.75, 3.05) is 6.61 Å². The van der Waals surface area contributed by atoms with Crippen molar-refractivity contribution >= 4 is 17.3 Å². The molecule has 0 amide bonds. The van der Waals surface area contributed by atoms with Gasteiger partial charge in [0.25, 0.3) is 0 Å². The van der Waals surface area contributed by atoms with E-state index in [1.807, 2.05) is 0 Å². The second-order valence-corrected chi connectivity index (χ2v) is 4.94. The normalized spacial score (nSPS) is 20.7. The molecule has 0 aliphatic carbocycles. The molecule has 0 saturated carbocycles. The number of rotatable bonds is 3. The molecule has 0 spiro atoms. The number of nitrogens with zero attached hydrogens (tertiary/aromatic N) is 1. The molecule has 1 atom stereocenters. The molecule has 1 unspecified atom stereocenters. The number of aryl methyl sites for hydroxylation is 1. The SMILES string of the molecule is Cc1sc(CC2CCCO2)nc1C(=O)O. The number of hydrogen-bond donors (Lipinski definition) is 1. The Balaban J connectivity index is 2.08. The van der Waals surface area contributed by atoms with Crippen LogP contribution in [0.2, 0.25) is 0 Å². The fourth-order valence-electron chi connectivity index (χ4n) is 1.74. The molecule has 1 aliphatic heterocycles. The first-order chi connectivity index (χ1) is 7.16. The second kappa shape index (κ2) is 4.28. The van der Waals surface area contributed by atoms with Gasteiger partial charge in [-0.3, -0.25) is 0 Å². The van der Waals surface area contributed by atoms with Gasteiger partial charge in [0.1, 0.15) is 0 Å². The third kappa shape index (κ3) is 2.35. The van der Waals surface area contributed by atoms with Crippen LogP contribution in [0, 0.1) is 6.92 Å². The number of aromatic nitrogens is 1. The lowest BCUT2D eigenvalue weighted by molar-refractivity contribution is 0.0689. The highest BCUT2D eigenvalue weighted by atomic mass is 32.1. The van der Waals surface area contributed by atoms with Crippen molar-refractivity contribution in [2.24, 2.45) is 0 Å². The van der Waals surface area contributed by atoms with E-state index in [1.165, 1.54) is 11.3 Å². The molecule has 2 heterocycles. The van der Waals surface area contributed by atoms with E-state index in [4.69, 9.17) is 9.84 Å². The minimum Gasteiger partial charge on any atom is -0.476 e. The number of ether oxygens (including phenoxy) is 1. The van der Waals surface area contributed by atoms with Crippen molar-refractivity contribution < 1.29 is 14.6 Å². The summed E-state index contributed by atoms with van der Waals surface area (Å²) in [6, 6.07) is 0. The zero-order valence-corrected chi connectivity index (χ0v) is 9.34. The van der Waals surface area contributed by atoms with Gasteiger partial charge in [0, 0.05) is 17.9 Å². The Morgan fingerprint density at radius 2 is 2.53 bits per heavy atom. The standard InChI is InChI=1S/C10H13NO3S/c1-6-9(10(12)13)11-8(15-6)5-7-3-2-4-14-7/h7H,2-5H2,1H3,(H,12,13). The summed E-state index contributed by atoms with van der Waals surface area (Å²) in [5.41, 5.74) is 0.188. The van der Waals surface area contributed by atoms with Crippen LogP contribution in [0.5, 0.6) is 0 Å². The lowest BCUT2D eigenvalue weighted by atomic mass is 10.2. The molecule has 0 radical (unpaired) electrons. The smallest absolute Gasteiger partial charge is 0.355 e. The molecule has 1 aliphatic rings. The molecule has 0 aromatic carbocycles. The van der Waals surface area contributed by atoms with E-state index in [9.17, 15) is 4.79 Å². The quantitative estimate of drug-likeness (QED) is 0.856. The Labute approximate surface area is 91.9 Å². The molecular formula is C10H13NO3S. The predicted octanol–water partition coefficient (Wildman–Crippen LogP) is 1.87. The third-order valence-corrected chi connectivity index (χ3v) is 3.46. The maximum atomic E-state index is 10.8. The average Bonchev–Trinajstić information content (AvgIpc) is 2.75. The summed E-state index contributed by atoms with van der Waals surface area (Å²) in [6.45, 7) is 2.61. The minimum atomic E-state index is -0.942. The average molecular weight is 227 g/mol. The molecule has 0 bridgehead atoms. The van der Waals surface area contributed by atoms with Crippen molar-refractivity contribution in [3.63, 3.8) is 0 Å². The van der Waals surface area contributed by atoms with E-state index in [-0.39, 0.29) is 11.8 Å². The summed E-state index contributed by atoms with van der Waals surface area (Å²) < 4.78 is 5.49. The van der Waals surface area contributed by atoms with Crippen LogP contribution in [0.1, 0.15) is 33.2 Å². The van der Waals surface area contributed by atoms with E-state index >= 15 is 0 Å². The highest BCUT2D eigenvalue weighted by molar-refractivity contribution is 7.11. The summed E-state index contributed by atoms with van der Waals surface area (Å²) >= 11 is 1.46. The first kappa shape index (κ1) is 10.6. The largest absolute Gasteiger partial charge is 0.476 e. The summed E-state index contributed by atoms with van der Waals surface area (Å²) in [7, 11) is 0. The van der Waals surface area contributed by atoms with Gasteiger partial charge in [0.15, 0.2) is 5.69 Å². The monoisotopic (exact) mass is 227 g/mol. The van der Waals surface area contributed by atoms with Gasteiger partial charge in [0.05, 0.1) is 11.1 Å². The van der Waals surface area contributed by atoms with Gasteiger partial charge in [-0.15, -0.1) is 11.3 Å². The van der Waals surface area contributed by atoms with E-state index in [2.05, 4.69) is 4.98 Å². The summed E-state index contributed by atoms with van der Waals surface area (Å²) in [5.74, 6) is -0.942. The zero-order valence-electron chi connectivity index (χ0n) is 8.52. The molecule has 1 aromatic heterocycles. The first-order valence-corrected chi connectivity index (χ1v) is 5.79. The fraction of sp³-hybridized carbons (Fsp3) is 0.600. The number of thiazole rings is 1. The predicted molar refractivity (Wildman–Crippen MR) is 56.5 cm³/mol. The highest BCUT2D eigenvalue weighted by Crippen LogP contribution is 2.22. The number of hydrogen-bond acceptors (Lipinski definition) is 4. The lowest BCUT2D eigenvalue weighted by Gasteiger charge is -2.05. The van der Waals surface area contributed by atoms with Crippen LogP contribution in [0.15, 0.2) is 0 Å². The second-order valence-electron chi connectivity index (χ2n) is 3.66. The van der Waals surface area contributed by atoms with Gasteiger partial charge in [0.2, 0.25) is 0 Å². The van der Waals surface area contributed by atoms with Crippen LogP contribution in [-0.2, 0) is 11.2 Å². The molecule has 1 aromatic rings. The molecule has 15 heavy (non-hydrogen) atoms. The molecule has 1 saturated heterocycles. The van der Waals surface area contributed by atoms with Crippen LogP contribution in [0.3, 0.4) is 0 Å². The Morgan fingerprint density at radius 1 is 1.73 bits per heavy atom. The molecule has 4 nitrogen and oxygen atoms in total. The van der Waals surface area contributed by atoms with Gasteiger partial charge in [-0.05, 0) is 19.8 Å². The highest BCUT2D eigenvalue weighted by Gasteiger charge is 2.20. The molecule has 2 rings (SSSR count). The van der Waals surface area contributed by atoms with Crippen LogP contribution in [0.25, 0.3) is 0 Å². The molecule has 1 fully saturated rings. The van der Waals surface area contributed by atoms with Gasteiger partial charge in [-0.1, -0.05) is 0 Å². The molecular weight excluding hydrogens is 214 g/mol. The van der Waals surface area contributed by atoms with Crippen LogP contribution < -0.4 is 0 Å². The lowest BCUT2D eigenvalue weighted by Crippen LogP contribution is -2.09. The Hall–Kier alpha value is -0.940. The van der Waals surface area contributed by atoms with Crippen LogP contribution in [-0.4, -0.2) is 28.8 Å². The maximum Gasteiger partial charge on any atom is 0.355 e. The fourth-order valence-corrected chi connectivity index (χ4v) is 2.73. The van der Waals surface area contributed by atoms with Crippen LogP contribution in [0.4, 0.5) is 0 Å². The van der Waals surface area contributed by atoms with Gasteiger partial charge < -0.3 is 9.84 Å². The van der Waals surface area contributed by atoms with E-state index in [1.54, 1.807) is 6.92 Å². The molecule has 5 heteroatoms. The minimum absolute atomic E-state index is 0.188. The summed E-state index contributed by atoms with van der Waals surface area (Å²) in [5, 5.41) is 9.72. The van der Waals surface area contributed by atoms with Crippen molar-refractivity contribution in [1.29, 1.82) is 0 Å². The maximum absolute atomic E-state index is 10.8. The molecule has 1 N–H and O–H groups in total. The topological polar surface area (TPSA) is 59.4 Å². The van der Waals surface area contributed by atoms with Crippen LogP contribution >= 0.6 is 11.3 Å². The Morgan fingerprint density at radius 3 is 3.07 bits per heavy atom. The first-order valence-electron chi connectivity index (χ1n) is 4.98.